The molecule has 0 saturated carbocycles. The van der Waals surface area contributed by atoms with Crippen LogP contribution in [-0.2, 0) is 6.54 Å². The van der Waals surface area contributed by atoms with Crippen molar-refractivity contribution in [2.24, 2.45) is 0 Å². The number of nitrogens with one attached hydrogen (secondary N) is 1. The first kappa shape index (κ1) is 24.5. The lowest BCUT2D eigenvalue weighted by molar-refractivity contribution is 0.180. The van der Waals surface area contributed by atoms with E-state index in [9.17, 15) is 9.59 Å². The van der Waals surface area contributed by atoms with E-state index in [1.54, 1.807) is 4.57 Å². The number of para-hydroxylation sites is 1. The minimum absolute atomic E-state index is 0.0444. The molecule has 0 saturated heterocycles. The SMILES string of the molecule is CCCN(C(=O)Nc1ccc(C(C)C)cc1)C(CC)c1nc2ccccc2c(=O)n1CCC. The van der Waals surface area contributed by atoms with Crippen LogP contribution in [0.15, 0.2) is 53.3 Å². The molecule has 0 aliphatic carbocycles. The first-order valence-electron chi connectivity index (χ1n) is 12.1. The van der Waals surface area contributed by atoms with Gasteiger partial charge in [-0.1, -0.05) is 58.9 Å². The average Bonchev–Trinajstić information content (AvgIpc) is 2.81. The average molecular weight is 449 g/mol. The molecular weight excluding hydrogens is 412 g/mol. The normalized spacial score (nSPS) is 12.2. The number of carbonyl (C=O) groups is 1. The summed E-state index contributed by atoms with van der Waals surface area (Å²) in [4.78, 5) is 33.4. The highest BCUT2D eigenvalue weighted by Gasteiger charge is 2.28. The third-order valence-electron chi connectivity index (χ3n) is 5.95. The minimum Gasteiger partial charge on any atom is -0.314 e. The quantitative estimate of drug-likeness (QED) is 0.416. The molecule has 1 atom stereocenters. The fraction of sp³-hybridized carbons (Fsp3) is 0.444. The molecule has 0 aliphatic heterocycles. The summed E-state index contributed by atoms with van der Waals surface area (Å²) in [5.41, 5.74) is 2.62. The Morgan fingerprint density at radius 1 is 1.03 bits per heavy atom. The van der Waals surface area contributed by atoms with Crippen LogP contribution in [0.2, 0.25) is 0 Å². The van der Waals surface area contributed by atoms with E-state index in [0.29, 0.717) is 42.2 Å². The molecule has 1 N–H and O–H groups in total. The lowest BCUT2D eigenvalue weighted by Crippen LogP contribution is -2.41. The van der Waals surface area contributed by atoms with Crippen LogP contribution in [0.25, 0.3) is 10.9 Å². The van der Waals surface area contributed by atoms with E-state index in [-0.39, 0.29) is 17.6 Å². The number of amides is 2. The van der Waals surface area contributed by atoms with Crippen molar-refractivity contribution < 1.29 is 4.79 Å². The van der Waals surface area contributed by atoms with Crippen molar-refractivity contribution in [3.8, 4) is 0 Å². The van der Waals surface area contributed by atoms with Gasteiger partial charge in [-0.15, -0.1) is 0 Å². The van der Waals surface area contributed by atoms with Crippen molar-refractivity contribution in [1.82, 2.24) is 14.5 Å². The minimum atomic E-state index is -0.302. The molecule has 2 aromatic carbocycles. The van der Waals surface area contributed by atoms with E-state index in [4.69, 9.17) is 4.98 Å². The molecule has 1 heterocycles. The Balaban J connectivity index is 2.00. The highest BCUT2D eigenvalue weighted by molar-refractivity contribution is 5.89. The van der Waals surface area contributed by atoms with Crippen molar-refractivity contribution in [2.75, 3.05) is 11.9 Å². The van der Waals surface area contributed by atoms with E-state index in [1.165, 1.54) is 5.56 Å². The zero-order valence-corrected chi connectivity index (χ0v) is 20.5. The van der Waals surface area contributed by atoms with Gasteiger partial charge in [0.2, 0.25) is 0 Å². The maximum atomic E-state index is 13.4. The Hall–Kier alpha value is -3.15. The number of aromatic nitrogens is 2. The van der Waals surface area contributed by atoms with E-state index < -0.39 is 0 Å². The molecule has 0 radical (unpaired) electrons. The zero-order valence-electron chi connectivity index (χ0n) is 20.5. The topological polar surface area (TPSA) is 67.2 Å². The fourth-order valence-corrected chi connectivity index (χ4v) is 4.21. The monoisotopic (exact) mass is 448 g/mol. The lowest BCUT2D eigenvalue weighted by atomic mass is 10.0. The second-order valence-electron chi connectivity index (χ2n) is 8.77. The number of fused-ring (bicyclic) bond motifs is 1. The van der Waals surface area contributed by atoms with Gasteiger partial charge in [0.05, 0.1) is 16.9 Å². The fourth-order valence-electron chi connectivity index (χ4n) is 4.21. The molecule has 0 spiro atoms. The van der Waals surface area contributed by atoms with Crippen molar-refractivity contribution in [3.63, 3.8) is 0 Å². The highest BCUT2D eigenvalue weighted by Crippen LogP contribution is 2.26. The van der Waals surface area contributed by atoms with Gasteiger partial charge in [-0.25, -0.2) is 9.78 Å². The molecule has 33 heavy (non-hydrogen) atoms. The number of carbonyl (C=O) groups excluding carboxylic acids is 1. The molecule has 0 bridgehead atoms. The predicted molar refractivity (Wildman–Crippen MR) is 136 cm³/mol. The molecule has 3 rings (SSSR count). The van der Waals surface area contributed by atoms with Gasteiger partial charge in [0, 0.05) is 18.8 Å². The third kappa shape index (κ3) is 5.44. The summed E-state index contributed by atoms with van der Waals surface area (Å²) in [7, 11) is 0. The molecular formula is C27H36N4O2. The zero-order chi connectivity index (χ0) is 24.0. The number of urea groups is 1. The Bertz CT molecular complexity index is 1140. The van der Waals surface area contributed by atoms with Crippen molar-refractivity contribution >= 4 is 22.6 Å². The Morgan fingerprint density at radius 2 is 1.73 bits per heavy atom. The Kier molecular flexibility index (Phi) is 8.26. The van der Waals surface area contributed by atoms with Crippen molar-refractivity contribution in [1.29, 1.82) is 0 Å². The van der Waals surface area contributed by atoms with Gasteiger partial charge in [0.25, 0.3) is 5.56 Å². The summed E-state index contributed by atoms with van der Waals surface area (Å²) in [5.74, 6) is 1.09. The second-order valence-corrected chi connectivity index (χ2v) is 8.77. The molecule has 1 unspecified atom stereocenters. The van der Waals surface area contributed by atoms with Crippen LogP contribution in [-0.4, -0.2) is 27.0 Å². The molecule has 2 amide bonds. The lowest BCUT2D eigenvalue weighted by Gasteiger charge is -2.32. The number of hydrogen-bond acceptors (Lipinski definition) is 3. The van der Waals surface area contributed by atoms with Gasteiger partial charge in [-0.05, 0) is 55.0 Å². The van der Waals surface area contributed by atoms with Crippen molar-refractivity contribution in [3.05, 3.63) is 70.3 Å². The van der Waals surface area contributed by atoms with Crippen LogP contribution < -0.4 is 10.9 Å². The van der Waals surface area contributed by atoms with Crippen LogP contribution in [0.1, 0.15) is 77.2 Å². The van der Waals surface area contributed by atoms with Gasteiger partial charge in [-0.2, -0.15) is 0 Å². The summed E-state index contributed by atoms with van der Waals surface area (Å²) < 4.78 is 1.75. The maximum Gasteiger partial charge on any atom is 0.322 e. The summed E-state index contributed by atoms with van der Waals surface area (Å²) >= 11 is 0. The molecule has 6 nitrogen and oxygen atoms in total. The van der Waals surface area contributed by atoms with E-state index >= 15 is 0 Å². The molecule has 0 fully saturated rings. The van der Waals surface area contributed by atoms with Gasteiger partial charge in [0.15, 0.2) is 0 Å². The molecule has 6 heteroatoms. The number of anilines is 1. The van der Waals surface area contributed by atoms with Gasteiger partial charge >= 0.3 is 6.03 Å². The second kappa shape index (κ2) is 11.1. The van der Waals surface area contributed by atoms with Crippen LogP contribution in [0, 0.1) is 0 Å². The van der Waals surface area contributed by atoms with Crippen molar-refractivity contribution in [2.45, 2.75) is 72.4 Å². The standard InChI is InChI=1S/C27H36N4O2/c1-6-17-30(27(33)28-21-15-13-20(14-16-21)19(4)5)24(8-3)25-29-23-12-10-9-11-22(23)26(32)31(25)18-7-2/h9-16,19,24H,6-8,17-18H2,1-5H3,(H,28,33). The molecule has 3 aromatic rings. The number of rotatable bonds is 9. The van der Waals surface area contributed by atoms with Gasteiger partial charge < -0.3 is 10.2 Å². The third-order valence-corrected chi connectivity index (χ3v) is 5.95. The van der Waals surface area contributed by atoms with Crippen LogP contribution >= 0.6 is 0 Å². The Labute approximate surface area is 196 Å². The van der Waals surface area contributed by atoms with Gasteiger partial charge in [0.1, 0.15) is 5.82 Å². The maximum absolute atomic E-state index is 13.4. The molecule has 1 aromatic heterocycles. The molecule has 0 aliphatic rings. The smallest absolute Gasteiger partial charge is 0.314 e. The Morgan fingerprint density at radius 3 is 2.33 bits per heavy atom. The number of benzene rings is 2. The molecule has 176 valence electrons. The summed E-state index contributed by atoms with van der Waals surface area (Å²) in [5, 5.41) is 3.66. The first-order chi connectivity index (χ1) is 15.9. The summed E-state index contributed by atoms with van der Waals surface area (Å²) in [6.45, 7) is 11.6. The highest BCUT2D eigenvalue weighted by atomic mass is 16.2. The number of nitrogens with zero attached hydrogens (tertiary/aromatic N) is 3. The van der Waals surface area contributed by atoms with Crippen LogP contribution in [0.5, 0.6) is 0 Å². The van der Waals surface area contributed by atoms with Crippen LogP contribution in [0.3, 0.4) is 0 Å². The largest absolute Gasteiger partial charge is 0.322 e. The van der Waals surface area contributed by atoms with E-state index in [0.717, 1.165) is 18.5 Å². The van der Waals surface area contributed by atoms with E-state index in [1.807, 2.05) is 67.3 Å². The summed E-state index contributed by atoms with van der Waals surface area (Å²) in [6.07, 6.45) is 2.28. The van der Waals surface area contributed by atoms with E-state index in [2.05, 4.69) is 26.1 Å². The van der Waals surface area contributed by atoms with Crippen LogP contribution in [0.4, 0.5) is 10.5 Å². The summed E-state index contributed by atoms with van der Waals surface area (Å²) in [6, 6.07) is 14.9. The van der Waals surface area contributed by atoms with Gasteiger partial charge in [-0.3, -0.25) is 9.36 Å². The predicted octanol–water partition coefficient (Wildman–Crippen LogP) is 6.33. The first-order valence-corrected chi connectivity index (χ1v) is 12.1. The number of hydrogen-bond donors (Lipinski definition) is 1.